The highest BCUT2D eigenvalue weighted by Gasteiger charge is 2.27. The standard InChI is InChI=1S/C34H34ClN5O4/c35-26-14-15-28(38-29-8-2-4-17-44-29)27(20-26)31(36)32(33(37)42)39-34(43)25-7-5-6-24(19-25)18-22-10-12-23(13-11-22)21-40-16-3-1-9-30(40)41/h1,3,5-7,9-16,19-20,29,32,36,38H,2,4,8,17-18,21H2,(H2,37,42)(H,39,43). The van der Waals surface area contributed by atoms with Gasteiger partial charge >= 0.3 is 0 Å². The van der Waals surface area contributed by atoms with Crippen LogP contribution in [0.25, 0.3) is 0 Å². The number of primary amides is 1. The van der Waals surface area contributed by atoms with Gasteiger partial charge in [0.25, 0.3) is 11.5 Å². The molecule has 2 unspecified atom stereocenters. The van der Waals surface area contributed by atoms with Crippen molar-refractivity contribution >= 4 is 34.8 Å². The molecule has 3 aromatic carbocycles. The third-order valence-electron chi connectivity index (χ3n) is 7.49. The van der Waals surface area contributed by atoms with Crippen LogP contribution in [-0.4, -0.2) is 41.0 Å². The van der Waals surface area contributed by atoms with Gasteiger partial charge in [0, 0.05) is 40.7 Å². The number of aromatic nitrogens is 1. The van der Waals surface area contributed by atoms with E-state index in [9.17, 15) is 14.4 Å². The molecule has 0 bridgehead atoms. The van der Waals surface area contributed by atoms with Crippen LogP contribution in [0.5, 0.6) is 0 Å². The summed E-state index contributed by atoms with van der Waals surface area (Å²) in [6.45, 7) is 1.12. The summed E-state index contributed by atoms with van der Waals surface area (Å²) >= 11 is 6.25. The molecule has 1 aliphatic heterocycles. The van der Waals surface area contributed by atoms with E-state index in [1.54, 1.807) is 53.2 Å². The molecule has 0 radical (unpaired) electrons. The van der Waals surface area contributed by atoms with Crippen molar-refractivity contribution in [2.24, 2.45) is 5.73 Å². The Morgan fingerprint density at radius 3 is 2.50 bits per heavy atom. The third kappa shape index (κ3) is 7.80. The Hall–Kier alpha value is -4.73. The molecule has 9 nitrogen and oxygen atoms in total. The molecular formula is C34H34ClN5O4. The second-order valence-corrected chi connectivity index (χ2v) is 11.2. The van der Waals surface area contributed by atoms with Crippen molar-refractivity contribution in [3.05, 3.63) is 134 Å². The highest BCUT2D eigenvalue weighted by atomic mass is 35.5. The van der Waals surface area contributed by atoms with Crippen molar-refractivity contribution in [2.75, 3.05) is 11.9 Å². The fourth-order valence-electron chi connectivity index (χ4n) is 5.16. The number of halogens is 1. The highest BCUT2D eigenvalue weighted by Crippen LogP contribution is 2.25. The molecule has 5 rings (SSSR count). The van der Waals surface area contributed by atoms with Crippen LogP contribution in [0, 0.1) is 5.41 Å². The van der Waals surface area contributed by atoms with Gasteiger partial charge in [-0.1, -0.05) is 54.1 Å². The zero-order valence-electron chi connectivity index (χ0n) is 24.1. The molecule has 1 fully saturated rings. The van der Waals surface area contributed by atoms with E-state index in [4.69, 9.17) is 27.5 Å². The van der Waals surface area contributed by atoms with Gasteiger partial charge in [-0.25, -0.2) is 0 Å². The molecule has 2 amide bonds. The number of hydrogen-bond acceptors (Lipinski definition) is 6. The van der Waals surface area contributed by atoms with Gasteiger partial charge < -0.3 is 31.1 Å². The third-order valence-corrected chi connectivity index (χ3v) is 7.72. The van der Waals surface area contributed by atoms with Gasteiger partial charge in [0.15, 0.2) is 6.04 Å². The number of pyridine rings is 1. The fourth-order valence-corrected chi connectivity index (χ4v) is 5.33. The molecular weight excluding hydrogens is 578 g/mol. The fraction of sp³-hybridized carbons (Fsp3) is 0.235. The zero-order valence-corrected chi connectivity index (χ0v) is 24.8. The van der Waals surface area contributed by atoms with E-state index in [0.29, 0.717) is 41.4 Å². The number of benzene rings is 3. The number of hydrogen-bond donors (Lipinski definition) is 4. The Labute approximate surface area is 260 Å². The maximum Gasteiger partial charge on any atom is 0.252 e. The molecule has 226 valence electrons. The van der Waals surface area contributed by atoms with Gasteiger partial charge in [0.1, 0.15) is 6.23 Å². The van der Waals surface area contributed by atoms with E-state index >= 15 is 0 Å². The second kappa shape index (κ2) is 14.2. The Morgan fingerprint density at radius 2 is 1.77 bits per heavy atom. The van der Waals surface area contributed by atoms with E-state index in [1.807, 2.05) is 36.4 Å². The van der Waals surface area contributed by atoms with Crippen LogP contribution in [0.4, 0.5) is 5.69 Å². The molecule has 2 heterocycles. The summed E-state index contributed by atoms with van der Waals surface area (Å²) < 4.78 is 7.42. The average molecular weight is 612 g/mol. The van der Waals surface area contributed by atoms with Gasteiger partial charge in [0.2, 0.25) is 5.91 Å². The lowest BCUT2D eigenvalue weighted by Gasteiger charge is -2.26. The van der Waals surface area contributed by atoms with Crippen molar-refractivity contribution in [1.82, 2.24) is 9.88 Å². The lowest BCUT2D eigenvalue weighted by molar-refractivity contribution is -0.118. The van der Waals surface area contributed by atoms with Crippen LogP contribution in [0.15, 0.2) is 95.9 Å². The molecule has 44 heavy (non-hydrogen) atoms. The predicted octanol–water partition coefficient (Wildman–Crippen LogP) is 4.73. The van der Waals surface area contributed by atoms with Crippen LogP contribution in [-0.2, 0) is 22.5 Å². The minimum Gasteiger partial charge on any atom is -0.368 e. The maximum absolute atomic E-state index is 13.3. The molecule has 10 heteroatoms. The summed E-state index contributed by atoms with van der Waals surface area (Å²) in [5.41, 5.74) is 9.63. The molecule has 4 aromatic rings. The quantitative estimate of drug-likeness (QED) is 0.182. The van der Waals surface area contributed by atoms with Gasteiger partial charge in [-0.2, -0.15) is 0 Å². The number of nitrogens with two attached hydrogens (primary N) is 1. The lowest BCUT2D eigenvalue weighted by Crippen LogP contribution is -2.50. The minimum atomic E-state index is -1.39. The zero-order chi connectivity index (χ0) is 31.1. The summed E-state index contributed by atoms with van der Waals surface area (Å²) in [5, 5.41) is 15.1. The predicted molar refractivity (Wildman–Crippen MR) is 171 cm³/mol. The second-order valence-electron chi connectivity index (χ2n) is 10.8. The molecule has 2 atom stereocenters. The van der Waals surface area contributed by atoms with Gasteiger partial charge in [-0.05, 0) is 78.8 Å². The van der Waals surface area contributed by atoms with Crippen molar-refractivity contribution in [3.8, 4) is 0 Å². The Balaban J connectivity index is 1.27. The number of anilines is 1. The van der Waals surface area contributed by atoms with Gasteiger partial charge in [-0.15, -0.1) is 0 Å². The van der Waals surface area contributed by atoms with E-state index in [1.165, 1.54) is 6.07 Å². The highest BCUT2D eigenvalue weighted by molar-refractivity contribution is 6.31. The Kier molecular flexibility index (Phi) is 9.89. The monoisotopic (exact) mass is 611 g/mol. The number of carbonyl (C=O) groups excluding carboxylic acids is 2. The summed E-state index contributed by atoms with van der Waals surface area (Å²) in [4.78, 5) is 37.8. The molecule has 0 saturated carbocycles. The lowest BCUT2D eigenvalue weighted by atomic mass is 9.99. The smallest absolute Gasteiger partial charge is 0.252 e. The number of nitrogens with zero attached hydrogens (tertiary/aromatic N) is 1. The Morgan fingerprint density at radius 1 is 0.977 bits per heavy atom. The first-order chi connectivity index (χ1) is 21.3. The number of ether oxygens (including phenoxy) is 1. The van der Waals surface area contributed by atoms with Crippen LogP contribution < -0.4 is 21.9 Å². The number of carbonyl (C=O) groups is 2. The number of rotatable bonds is 11. The largest absolute Gasteiger partial charge is 0.368 e. The number of amides is 2. The van der Waals surface area contributed by atoms with Crippen LogP contribution >= 0.6 is 11.6 Å². The molecule has 1 aliphatic rings. The van der Waals surface area contributed by atoms with Crippen molar-refractivity contribution in [3.63, 3.8) is 0 Å². The SMILES string of the molecule is N=C(c1cc(Cl)ccc1NC1CCCCO1)C(NC(=O)c1cccc(Cc2ccc(Cn3ccccc3=O)cc2)c1)C(N)=O. The molecule has 1 saturated heterocycles. The van der Waals surface area contributed by atoms with E-state index in [2.05, 4.69) is 10.6 Å². The molecule has 0 aliphatic carbocycles. The molecule has 0 spiro atoms. The summed E-state index contributed by atoms with van der Waals surface area (Å²) in [5.74, 6) is -1.39. The summed E-state index contributed by atoms with van der Waals surface area (Å²) in [6, 6.07) is 23.7. The summed E-state index contributed by atoms with van der Waals surface area (Å²) in [7, 11) is 0. The first-order valence-electron chi connectivity index (χ1n) is 14.5. The molecule has 5 N–H and O–H groups in total. The minimum absolute atomic E-state index is 0.0564. The van der Waals surface area contributed by atoms with E-state index in [0.717, 1.165) is 36.0 Å². The topological polar surface area (TPSA) is 139 Å². The molecule has 1 aromatic heterocycles. The average Bonchev–Trinajstić information content (AvgIpc) is 3.03. The van der Waals surface area contributed by atoms with Crippen molar-refractivity contribution in [1.29, 1.82) is 5.41 Å². The first-order valence-corrected chi connectivity index (χ1v) is 14.8. The maximum atomic E-state index is 13.3. The van der Waals surface area contributed by atoms with Gasteiger partial charge in [0.05, 0.1) is 12.3 Å². The Bertz CT molecular complexity index is 1710. The number of nitrogens with one attached hydrogen (secondary N) is 3. The van der Waals surface area contributed by atoms with E-state index < -0.39 is 17.9 Å². The first kappa shape index (κ1) is 30.7. The van der Waals surface area contributed by atoms with Gasteiger partial charge in [-0.3, -0.25) is 14.4 Å². The summed E-state index contributed by atoms with van der Waals surface area (Å²) in [6.07, 6.45) is 4.91. The van der Waals surface area contributed by atoms with Crippen LogP contribution in [0.2, 0.25) is 5.02 Å². The normalized spacial score (nSPS) is 15.2. The van der Waals surface area contributed by atoms with Crippen LogP contribution in [0.1, 0.15) is 51.9 Å². The van der Waals surface area contributed by atoms with E-state index in [-0.39, 0.29) is 17.5 Å². The van der Waals surface area contributed by atoms with Crippen molar-refractivity contribution in [2.45, 2.75) is 44.5 Å². The van der Waals surface area contributed by atoms with Crippen molar-refractivity contribution < 1.29 is 14.3 Å². The van der Waals surface area contributed by atoms with Crippen LogP contribution in [0.3, 0.4) is 0 Å².